The van der Waals surface area contributed by atoms with Gasteiger partial charge in [0.15, 0.2) is 9.84 Å². The molecule has 0 fully saturated rings. The van der Waals surface area contributed by atoms with Gasteiger partial charge in [0.05, 0.1) is 20.0 Å². The van der Waals surface area contributed by atoms with Crippen LogP contribution in [-0.2, 0) is 14.6 Å². The van der Waals surface area contributed by atoms with Crippen LogP contribution in [0, 0.1) is 5.92 Å². The third-order valence-corrected chi connectivity index (χ3v) is 5.71. The van der Waals surface area contributed by atoms with E-state index in [4.69, 9.17) is 9.47 Å². The topological polar surface area (TPSA) is 111 Å². The Kier molecular flexibility index (Phi) is 8.55. The summed E-state index contributed by atoms with van der Waals surface area (Å²) in [6, 6.07) is 3.92. The number of hydrogen-bond acceptors (Lipinski definition) is 6. The standard InChI is InChI=1S/C18H28N2O6S/c1-6-27(23,24)8-7-19-18(22)16(12(2)3)20-17(21)13-9-14(25-4)11-15(10-13)26-5/h9-12,16H,6-8H2,1-5H3,(H,19,22)(H,20,21). The summed E-state index contributed by atoms with van der Waals surface area (Å²) in [7, 11) is -0.218. The van der Waals surface area contributed by atoms with E-state index >= 15 is 0 Å². The van der Waals surface area contributed by atoms with Crippen LogP contribution in [0.2, 0.25) is 0 Å². The van der Waals surface area contributed by atoms with Crippen molar-refractivity contribution in [2.75, 3.05) is 32.3 Å². The summed E-state index contributed by atoms with van der Waals surface area (Å²) in [4.78, 5) is 25.0. The van der Waals surface area contributed by atoms with Gasteiger partial charge in [0.2, 0.25) is 5.91 Å². The normalized spacial score (nSPS) is 12.4. The first kappa shape index (κ1) is 22.8. The highest BCUT2D eigenvalue weighted by Gasteiger charge is 2.25. The maximum absolute atomic E-state index is 12.6. The van der Waals surface area contributed by atoms with E-state index in [1.165, 1.54) is 14.2 Å². The first-order valence-corrected chi connectivity index (χ1v) is 10.5. The number of nitrogens with one attached hydrogen (secondary N) is 2. The summed E-state index contributed by atoms with van der Waals surface area (Å²) >= 11 is 0. The Morgan fingerprint density at radius 3 is 2.07 bits per heavy atom. The van der Waals surface area contributed by atoms with Crippen LogP contribution in [0.3, 0.4) is 0 Å². The SMILES string of the molecule is CCS(=O)(=O)CCNC(=O)C(NC(=O)c1cc(OC)cc(OC)c1)C(C)C. The summed E-state index contributed by atoms with van der Waals surface area (Å²) in [5.74, 6) is -0.290. The second kappa shape index (κ2) is 10.1. The van der Waals surface area contributed by atoms with Crippen molar-refractivity contribution >= 4 is 21.7 Å². The van der Waals surface area contributed by atoms with Gasteiger partial charge in [-0.05, 0) is 18.1 Å². The molecule has 1 atom stereocenters. The lowest BCUT2D eigenvalue weighted by molar-refractivity contribution is -0.123. The van der Waals surface area contributed by atoms with E-state index in [-0.39, 0.29) is 24.0 Å². The molecule has 0 radical (unpaired) electrons. The molecule has 0 aromatic heterocycles. The fourth-order valence-electron chi connectivity index (χ4n) is 2.28. The molecule has 1 rings (SSSR count). The number of hydrogen-bond donors (Lipinski definition) is 2. The van der Waals surface area contributed by atoms with Crippen LogP contribution >= 0.6 is 0 Å². The van der Waals surface area contributed by atoms with E-state index in [1.807, 2.05) is 0 Å². The minimum Gasteiger partial charge on any atom is -0.497 e. The molecule has 1 aromatic rings. The van der Waals surface area contributed by atoms with Crippen molar-refractivity contribution in [3.05, 3.63) is 23.8 Å². The van der Waals surface area contributed by atoms with Crippen LogP contribution in [-0.4, -0.2) is 58.5 Å². The molecule has 0 aliphatic rings. The number of ether oxygens (including phenoxy) is 2. The van der Waals surface area contributed by atoms with Gasteiger partial charge in [-0.15, -0.1) is 0 Å². The van der Waals surface area contributed by atoms with Crippen molar-refractivity contribution in [2.45, 2.75) is 26.8 Å². The number of carbonyl (C=O) groups is 2. The van der Waals surface area contributed by atoms with Gasteiger partial charge in [-0.2, -0.15) is 0 Å². The first-order valence-electron chi connectivity index (χ1n) is 8.65. The van der Waals surface area contributed by atoms with Gasteiger partial charge in [0, 0.05) is 23.9 Å². The number of benzene rings is 1. The lowest BCUT2D eigenvalue weighted by atomic mass is 10.0. The number of sulfone groups is 1. The molecule has 1 unspecified atom stereocenters. The number of carbonyl (C=O) groups excluding carboxylic acids is 2. The Balaban J connectivity index is 2.84. The maximum atomic E-state index is 12.6. The molecular formula is C18H28N2O6S. The predicted octanol–water partition coefficient (Wildman–Crippen LogP) is 1.01. The molecule has 0 spiro atoms. The molecule has 8 nitrogen and oxygen atoms in total. The molecule has 9 heteroatoms. The zero-order chi connectivity index (χ0) is 20.6. The molecule has 27 heavy (non-hydrogen) atoms. The second-order valence-corrected chi connectivity index (χ2v) is 8.80. The molecule has 0 saturated heterocycles. The van der Waals surface area contributed by atoms with Gasteiger partial charge in [0.1, 0.15) is 17.5 Å². The molecule has 2 amide bonds. The number of amides is 2. The van der Waals surface area contributed by atoms with Crippen molar-refractivity contribution < 1.29 is 27.5 Å². The van der Waals surface area contributed by atoms with Gasteiger partial charge in [-0.25, -0.2) is 8.42 Å². The van der Waals surface area contributed by atoms with Crippen molar-refractivity contribution in [1.82, 2.24) is 10.6 Å². The minimum absolute atomic E-state index is 0.00107. The predicted molar refractivity (Wildman–Crippen MR) is 103 cm³/mol. The maximum Gasteiger partial charge on any atom is 0.252 e. The van der Waals surface area contributed by atoms with E-state index in [1.54, 1.807) is 39.0 Å². The van der Waals surface area contributed by atoms with Crippen LogP contribution < -0.4 is 20.1 Å². The summed E-state index contributed by atoms with van der Waals surface area (Å²) in [6.07, 6.45) is 0. The molecule has 0 saturated carbocycles. The largest absolute Gasteiger partial charge is 0.497 e. The smallest absolute Gasteiger partial charge is 0.252 e. The average Bonchev–Trinajstić information content (AvgIpc) is 2.64. The Hall–Kier alpha value is -2.29. The number of methoxy groups -OCH3 is 2. The Morgan fingerprint density at radius 1 is 1.07 bits per heavy atom. The second-order valence-electron chi connectivity index (χ2n) is 6.32. The highest BCUT2D eigenvalue weighted by molar-refractivity contribution is 7.91. The van der Waals surface area contributed by atoms with E-state index in [9.17, 15) is 18.0 Å². The molecule has 0 aliphatic heterocycles. The lowest BCUT2D eigenvalue weighted by Crippen LogP contribution is -2.50. The summed E-state index contributed by atoms with van der Waals surface area (Å²) < 4.78 is 33.3. The van der Waals surface area contributed by atoms with Crippen LogP contribution in [0.15, 0.2) is 18.2 Å². The summed E-state index contributed by atoms with van der Waals surface area (Å²) in [5.41, 5.74) is 0.290. The highest BCUT2D eigenvalue weighted by Crippen LogP contribution is 2.22. The lowest BCUT2D eigenvalue weighted by Gasteiger charge is -2.22. The Labute approximate surface area is 160 Å². The first-order chi connectivity index (χ1) is 12.6. The summed E-state index contributed by atoms with van der Waals surface area (Å²) in [6.45, 7) is 5.14. The van der Waals surface area contributed by atoms with Gasteiger partial charge in [0.25, 0.3) is 5.91 Å². The summed E-state index contributed by atoms with van der Waals surface area (Å²) in [5, 5.41) is 5.26. The third kappa shape index (κ3) is 7.09. The van der Waals surface area contributed by atoms with Crippen molar-refractivity contribution in [3.63, 3.8) is 0 Å². The van der Waals surface area contributed by atoms with E-state index in [2.05, 4.69) is 10.6 Å². The molecular weight excluding hydrogens is 372 g/mol. The van der Waals surface area contributed by atoms with Crippen LogP contribution in [0.1, 0.15) is 31.1 Å². The van der Waals surface area contributed by atoms with Gasteiger partial charge in [-0.3, -0.25) is 9.59 Å². The van der Waals surface area contributed by atoms with E-state index in [0.29, 0.717) is 17.1 Å². The quantitative estimate of drug-likeness (QED) is 0.606. The van der Waals surface area contributed by atoms with E-state index in [0.717, 1.165) is 0 Å². The molecule has 0 aliphatic carbocycles. The number of rotatable bonds is 10. The molecule has 0 bridgehead atoms. The van der Waals surface area contributed by atoms with Crippen molar-refractivity contribution in [3.8, 4) is 11.5 Å². The Morgan fingerprint density at radius 2 is 1.63 bits per heavy atom. The molecule has 2 N–H and O–H groups in total. The fraction of sp³-hybridized carbons (Fsp3) is 0.556. The average molecular weight is 400 g/mol. The van der Waals surface area contributed by atoms with Crippen LogP contribution in [0.5, 0.6) is 11.5 Å². The molecule has 1 aromatic carbocycles. The van der Waals surface area contributed by atoms with E-state index < -0.39 is 27.7 Å². The fourth-order valence-corrected chi connectivity index (χ4v) is 2.98. The van der Waals surface area contributed by atoms with Gasteiger partial charge < -0.3 is 20.1 Å². The third-order valence-electron chi connectivity index (χ3n) is 4.00. The van der Waals surface area contributed by atoms with Gasteiger partial charge >= 0.3 is 0 Å². The monoisotopic (exact) mass is 400 g/mol. The van der Waals surface area contributed by atoms with Crippen molar-refractivity contribution in [2.24, 2.45) is 5.92 Å². The van der Waals surface area contributed by atoms with Crippen LogP contribution in [0.25, 0.3) is 0 Å². The van der Waals surface area contributed by atoms with Crippen LogP contribution in [0.4, 0.5) is 0 Å². The molecule has 0 heterocycles. The highest BCUT2D eigenvalue weighted by atomic mass is 32.2. The zero-order valence-electron chi connectivity index (χ0n) is 16.4. The zero-order valence-corrected chi connectivity index (χ0v) is 17.2. The minimum atomic E-state index is -3.17. The van der Waals surface area contributed by atoms with Crippen molar-refractivity contribution in [1.29, 1.82) is 0 Å². The Bertz CT molecular complexity index is 739. The van der Waals surface area contributed by atoms with Gasteiger partial charge in [-0.1, -0.05) is 20.8 Å². The molecule has 152 valence electrons.